The van der Waals surface area contributed by atoms with E-state index in [9.17, 15) is 13.2 Å². The van der Waals surface area contributed by atoms with Crippen LogP contribution in [-0.2, 0) is 19.1 Å². The molecule has 1 aliphatic heterocycles. The third-order valence-corrected chi connectivity index (χ3v) is 4.07. The normalized spacial score (nSPS) is 16.9. The number of fused-ring (bicyclic) bond motifs is 1. The van der Waals surface area contributed by atoms with Gasteiger partial charge in [-0.15, -0.1) is 0 Å². The minimum absolute atomic E-state index is 0.119. The average molecular weight is 285 g/mol. The van der Waals surface area contributed by atoms with Crippen molar-refractivity contribution >= 4 is 0 Å². The van der Waals surface area contributed by atoms with E-state index in [0.717, 1.165) is 24.2 Å². The van der Waals surface area contributed by atoms with Crippen LogP contribution in [0.15, 0.2) is 12.1 Å². The highest BCUT2D eigenvalue weighted by Crippen LogP contribution is 2.38. The number of nitrogens with zero attached hydrogens (tertiary/aromatic N) is 1. The van der Waals surface area contributed by atoms with E-state index in [1.54, 1.807) is 6.07 Å². The SMILES string of the molecule is CC(C)c1cc2c(cc1C(F)(F)F)CCN(C(C)C)C2. The summed E-state index contributed by atoms with van der Waals surface area (Å²) in [7, 11) is 0. The average Bonchev–Trinajstić information content (AvgIpc) is 2.35. The molecule has 0 N–H and O–H groups in total. The van der Waals surface area contributed by atoms with E-state index < -0.39 is 11.7 Å². The highest BCUT2D eigenvalue weighted by molar-refractivity contribution is 5.42. The smallest absolute Gasteiger partial charge is 0.296 e. The fourth-order valence-electron chi connectivity index (χ4n) is 2.81. The molecule has 4 heteroatoms. The van der Waals surface area contributed by atoms with Crippen molar-refractivity contribution in [2.24, 2.45) is 0 Å². The van der Waals surface area contributed by atoms with E-state index in [1.807, 2.05) is 13.8 Å². The standard InChI is InChI=1S/C16H22F3N/c1-10(2)14-7-13-9-20(11(3)4)6-5-12(13)8-15(14)16(17,18)19/h7-8,10-11H,5-6,9H2,1-4H3. The van der Waals surface area contributed by atoms with Crippen molar-refractivity contribution in [2.45, 2.75) is 58.8 Å². The Labute approximate surface area is 118 Å². The van der Waals surface area contributed by atoms with Crippen molar-refractivity contribution in [3.8, 4) is 0 Å². The van der Waals surface area contributed by atoms with Gasteiger partial charge in [-0.1, -0.05) is 19.9 Å². The van der Waals surface area contributed by atoms with E-state index in [1.165, 1.54) is 6.07 Å². The summed E-state index contributed by atoms with van der Waals surface area (Å²) in [6.45, 7) is 9.48. The first-order valence-electron chi connectivity index (χ1n) is 7.17. The topological polar surface area (TPSA) is 3.24 Å². The second-order valence-corrected chi connectivity index (χ2v) is 6.17. The Balaban J connectivity index is 2.46. The summed E-state index contributed by atoms with van der Waals surface area (Å²) in [5.74, 6) is -0.119. The van der Waals surface area contributed by atoms with Gasteiger partial charge in [-0.2, -0.15) is 13.2 Å². The molecular formula is C16H22F3N. The lowest BCUT2D eigenvalue weighted by Gasteiger charge is -2.33. The fourth-order valence-corrected chi connectivity index (χ4v) is 2.81. The zero-order valence-electron chi connectivity index (χ0n) is 12.5. The number of benzene rings is 1. The molecule has 0 saturated heterocycles. The van der Waals surface area contributed by atoms with Crippen LogP contribution in [0.4, 0.5) is 13.2 Å². The van der Waals surface area contributed by atoms with E-state index >= 15 is 0 Å². The van der Waals surface area contributed by atoms with Crippen LogP contribution < -0.4 is 0 Å². The zero-order valence-corrected chi connectivity index (χ0v) is 12.5. The lowest BCUT2D eigenvalue weighted by molar-refractivity contribution is -0.138. The monoisotopic (exact) mass is 285 g/mol. The van der Waals surface area contributed by atoms with Crippen molar-refractivity contribution < 1.29 is 13.2 Å². The van der Waals surface area contributed by atoms with Gasteiger partial charge in [0, 0.05) is 19.1 Å². The van der Waals surface area contributed by atoms with Gasteiger partial charge in [0.1, 0.15) is 0 Å². The quantitative estimate of drug-likeness (QED) is 0.768. The Kier molecular flexibility index (Phi) is 4.14. The molecule has 0 atom stereocenters. The maximum absolute atomic E-state index is 13.2. The predicted octanol–water partition coefficient (Wildman–Crippen LogP) is 4.60. The maximum atomic E-state index is 13.2. The summed E-state index contributed by atoms with van der Waals surface area (Å²) >= 11 is 0. The molecule has 0 aromatic heterocycles. The maximum Gasteiger partial charge on any atom is 0.416 e. The fraction of sp³-hybridized carbons (Fsp3) is 0.625. The van der Waals surface area contributed by atoms with Gasteiger partial charge in [0.15, 0.2) is 0 Å². The third-order valence-electron chi connectivity index (χ3n) is 4.07. The number of hydrogen-bond acceptors (Lipinski definition) is 1. The largest absolute Gasteiger partial charge is 0.416 e. The third kappa shape index (κ3) is 3.00. The highest BCUT2D eigenvalue weighted by atomic mass is 19.4. The molecule has 1 nitrogen and oxygen atoms in total. The van der Waals surface area contributed by atoms with Gasteiger partial charge in [-0.25, -0.2) is 0 Å². The van der Waals surface area contributed by atoms with Crippen LogP contribution in [0.25, 0.3) is 0 Å². The number of halogens is 3. The summed E-state index contributed by atoms with van der Waals surface area (Å²) in [5.41, 5.74) is 1.88. The Morgan fingerprint density at radius 3 is 2.20 bits per heavy atom. The van der Waals surface area contributed by atoms with Gasteiger partial charge >= 0.3 is 6.18 Å². The van der Waals surface area contributed by atoms with E-state index in [4.69, 9.17) is 0 Å². The molecular weight excluding hydrogens is 263 g/mol. The van der Waals surface area contributed by atoms with Crippen LogP contribution in [0.2, 0.25) is 0 Å². The van der Waals surface area contributed by atoms with Crippen molar-refractivity contribution in [3.63, 3.8) is 0 Å². The summed E-state index contributed by atoms with van der Waals surface area (Å²) in [6.07, 6.45) is -3.56. The lowest BCUT2D eigenvalue weighted by Crippen LogP contribution is -2.36. The molecule has 0 spiro atoms. The Bertz CT molecular complexity index is 489. The second-order valence-electron chi connectivity index (χ2n) is 6.17. The molecule has 0 bridgehead atoms. The van der Waals surface area contributed by atoms with E-state index in [2.05, 4.69) is 18.7 Å². The van der Waals surface area contributed by atoms with Crippen LogP contribution in [-0.4, -0.2) is 17.5 Å². The van der Waals surface area contributed by atoms with Crippen LogP contribution in [0.1, 0.15) is 55.9 Å². The molecule has 0 amide bonds. The molecule has 0 unspecified atom stereocenters. The highest BCUT2D eigenvalue weighted by Gasteiger charge is 2.35. The van der Waals surface area contributed by atoms with Gasteiger partial charge < -0.3 is 0 Å². The molecule has 2 rings (SSSR count). The van der Waals surface area contributed by atoms with Gasteiger partial charge in [-0.3, -0.25) is 4.90 Å². The van der Waals surface area contributed by atoms with Crippen molar-refractivity contribution in [2.75, 3.05) is 6.54 Å². The van der Waals surface area contributed by atoms with Crippen molar-refractivity contribution in [3.05, 3.63) is 34.4 Å². The summed E-state index contributed by atoms with van der Waals surface area (Å²) in [6, 6.07) is 3.58. The molecule has 0 radical (unpaired) electrons. The molecule has 20 heavy (non-hydrogen) atoms. The molecule has 0 aliphatic carbocycles. The van der Waals surface area contributed by atoms with E-state index in [-0.39, 0.29) is 5.92 Å². The Morgan fingerprint density at radius 2 is 1.70 bits per heavy atom. The predicted molar refractivity (Wildman–Crippen MR) is 74.8 cm³/mol. The first-order chi connectivity index (χ1) is 9.20. The zero-order chi connectivity index (χ0) is 15.1. The molecule has 0 saturated carbocycles. The van der Waals surface area contributed by atoms with Crippen LogP contribution in [0.5, 0.6) is 0 Å². The van der Waals surface area contributed by atoms with Gasteiger partial charge in [0.05, 0.1) is 5.56 Å². The number of hydrogen-bond donors (Lipinski definition) is 0. The molecule has 0 fully saturated rings. The lowest BCUT2D eigenvalue weighted by atomic mass is 9.88. The number of alkyl halides is 3. The summed E-state index contributed by atoms with van der Waals surface area (Å²) < 4.78 is 39.5. The number of rotatable bonds is 2. The summed E-state index contributed by atoms with van der Waals surface area (Å²) in [5, 5.41) is 0. The molecule has 1 aromatic rings. The van der Waals surface area contributed by atoms with Crippen molar-refractivity contribution in [1.29, 1.82) is 0 Å². The first-order valence-corrected chi connectivity index (χ1v) is 7.17. The van der Waals surface area contributed by atoms with Gasteiger partial charge in [-0.05, 0) is 48.9 Å². The van der Waals surface area contributed by atoms with Gasteiger partial charge in [0.2, 0.25) is 0 Å². The van der Waals surface area contributed by atoms with Crippen LogP contribution in [0, 0.1) is 0 Å². The van der Waals surface area contributed by atoms with Crippen molar-refractivity contribution in [1.82, 2.24) is 4.90 Å². The van der Waals surface area contributed by atoms with Crippen LogP contribution in [0.3, 0.4) is 0 Å². The van der Waals surface area contributed by atoms with Crippen LogP contribution >= 0.6 is 0 Å². The van der Waals surface area contributed by atoms with Gasteiger partial charge in [0.25, 0.3) is 0 Å². The second kappa shape index (κ2) is 5.40. The Hall–Kier alpha value is -1.03. The molecule has 1 heterocycles. The summed E-state index contributed by atoms with van der Waals surface area (Å²) in [4.78, 5) is 2.31. The molecule has 1 aliphatic rings. The first kappa shape index (κ1) is 15.4. The minimum atomic E-state index is -4.26. The minimum Gasteiger partial charge on any atom is -0.296 e. The molecule has 112 valence electrons. The molecule has 1 aromatic carbocycles. The van der Waals surface area contributed by atoms with E-state index in [0.29, 0.717) is 18.0 Å². The Morgan fingerprint density at radius 1 is 1.05 bits per heavy atom.